The summed E-state index contributed by atoms with van der Waals surface area (Å²) in [6.45, 7) is 1.31. The van der Waals surface area contributed by atoms with Crippen molar-refractivity contribution in [3.8, 4) is 0 Å². The molecule has 1 saturated heterocycles. The van der Waals surface area contributed by atoms with Crippen LogP contribution in [0.5, 0.6) is 0 Å². The average Bonchev–Trinajstić information content (AvgIpc) is 2.60. The number of sulfonamides is 1. The van der Waals surface area contributed by atoms with Crippen molar-refractivity contribution in [3.05, 3.63) is 35.4 Å². The Bertz CT molecular complexity index is 736. The lowest BCUT2D eigenvalue weighted by Gasteiger charge is -2.35. The number of piperidine rings is 1. The van der Waals surface area contributed by atoms with Gasteiger partial charge in [0.1, 0.15) is 11.6 Å². The molecule has 5 nitrogen and oxygen atoms in total. The highest BCUT2D eigenvalue weighted by Crippen LogP contribution is 2.35. The summed E-state index contributed by atoms with van der Waals surface area (Å²) in [6.07, 6.45) is 6.23. The highest BCUT2D eigenvalue weighted by Gasteiger charge is 2.30. The molecule has 1 saturated carbocycles. The molecule has 2 N–H and O–H groups in total. The number of ether oxygens (including phenoxy) is 1. The van der Waals surface area contributed by atoms with E-state index >= 15 is 0 Å². The number of hydrogen-bond donors (Lipinski definition) is 2. The summed E-state index contributed by atoms with van der Waals surface area (Å²) < 4.78 is 58.9. The summed E-state index contributed by atoms with van der Waals surface area (Å²) in [4.78, 5) is 0. The minimum absolute atomic E-state index is 0.0410. The van der Waals surface area contributed by atoms with Gasteiger partial charge in [0.2, 0.25) is 10.0 Å². The summed E-state index contributed by atoms with van der Waals surface area (Å²) in [5, 5.41) is 3.34. The zero-order valence-corrected chi connectivity index (χ0v) is 16.4. The Hall–Kier alpha value is -1.09. The Kier molecular flexibility index (Phi) is 6.83. The van der Waals surface area contributed by atoms with Crippen LogP contribution in [-0.2, 0) is 14.8 Å². The SMILES string of the molecule is CS(=O)(=O)N[C@H]1CCCN[C@H]1COC1CCC(c2ccc(F)cc2F)CC1. The molecular formula is C19H28F2N2O3S. The normalized spacial score (nSPS) is 29.6. The number of hydrogen-bond acceptors (Lipinski definition) is 4. The molecular weight excluding hydrogens is 374 g/mol. The predicted molar refractivity (Wildman–Crippen MR) is 100 cm³/mol. The van der Waals surface area contributed by atoms with Crippen LogP contribution in [0.4, 0.5) is 8.78 Å². The third-order valence-electron chi connectivity index (χ3n) is 5.54. The summed E-state index contributed by atoms with van der Waals surface area (Å²) in [5.41, 5.74) is 0.584. The van der Waals surface area contributed by atoms with E-state index in [2.05, 4.69) is 10.0 Å². The lowest BCUT2D eigenvalue weighted by atomic mass is 9.82. The lowest BCUT2D eigenvalue weighted by Crippen LogP contribution is -2.55. The maximum Gasteiger partial charge on any atom is 0.209 e. The van der Waals surface area contributed by atoms with Crippen molar-refractivity contribution in [2.24, 2.45) is 0 Å². The molecule has 1 aromatic carbocycles. The number of halogens is 2. The van der Waals surface area contributed by atoms with E-state index in [-0.39, 0.29) is 24.1 Å². The van der Waals surface area contributed by atoms with Crippen LogP contribution in [-0.4, -0.2) is 46.0 Å². The summed E-state index contributed by atoms with van der Waals surface area (Å²) in [7, 11) is -3.25. The van der Waals surface area contributed by atoms with Gasteiger partial charge in [-0.1, -0.05) is 6.07 Å². The van der Waals surface area contributed by atoms with Crippen LogP contribution in [0, 0.1) is 11.6 Å². The second-order valence-electron chi connectivity index (χ2n) is 7.67. The maximum absolute atomic E-state index is 14.0. The zero-order valence-electron chi connectivity index (χ0n) is 15.6. The Labute approximate surface area is 159 Å². The van der Waals surface area contributed by atoms with E-state index in [0.29, 0.717) is 12.2 Å². The number of nitrogens with one attached hydrogen (secondary N) is 2. The summed E-state index contributed by atoms with van der Waals surface area (Å²) >= 11 is 0. The summed E-state index contributed by atoms with van der Waals surface area (Å²) in [6, 6.07) is 3.61. The molecule has 1 aromatic rings. The van der Waals surface area contributed by atoms with Gasteiger partial charge in [-0.2, -0.15) is 0 Å². The second kappa shape index (κ2) is 8.94. The van der Waals surface area contributed by atoms with Crippen LogP contribution in [0.15, 0.2) is 18.2 Å². The summed E-state index contributed by atoms with van der Waals surface area (Å²) in [5.74, 6) is -0.927. The van der Waals surface area contributed by atoms with Crippen LogP contribution in [0.1, 0.15) is 50.0 Å². The van der Waals surface area contributed by atoms with Gasteiger partial charge in [0.05, 0.1) is 19.0 Å². The zero-order chi connectivity index (χ0) is 19.4. The van der Waals surface area contributed by atoms with Crippen LogP contribution in [0.25, 0.3) is 0 Å². The van der Waals surface area contributed by atoms with Crippen molar-refractivity contribution >= 4 is 10.0 Å². The van der Waals surface area contributed by atoms with Gasteiger partial charge >= 0.3 is 0 Å². The maximum atomic E-state index is 14.0. The van der Waals surface area contributed by atoms with Crippen molar-refractivity contribution in [1.29, 1.82) is 0 Å². The van der Waals surface area contributed by atoms with Crippen molar-refractivity contribution in [2.45, 2.75) is 62.6 Å². The van der Waals surface area contributed by atoms with Gasteiger partial charge in [0.15, 0.2) is 0 Å². The molecule has 1 aliphatic heterocycles. The molecule has 8 heteroatoms. The Balaban J connectivity index is 1.48. The standard InChI is InChI=1S/C19H28F2N2O3S/c1-27(24,25)23-18-3-2-10-22-19(18)12-26-15-7-4-13(5-8-15)16-9-6-14(20)11-17(16)21/h6,9,11,13,15,18-19,22-23H,2-5,7-8,10,12H2,1H3/t13?,15?,18-,19-/m0/s1. The minimum atomic E-state index is -3.25. The molecule has 1 aliphatic carbocycles. The van der Waals surface area contributed by atoms with Gasteiger partial charge in [0.25, 0.3) is 0 Å². The van der Waals surface area contributed by atoms with Gasteiger partial charge in [-0.05, 0) is 62.6 Å². The van der Waals surface area contributed by atoms with E-state index in [0.717, 1.165) is 51.1 Å². The first kappa shape index (κ1) is 20.6. The molecule has 3 rings (SSSR count). The van der Waals surface area contributed by atoms with Gasteiger partial charge < -0.3 is 10.1 Å². The van der Waals surface area contributed by atoms with Crippen molar-refractivity contribution in [1.82, 2.24) is 10.0 Å². The Morgan fingerprint density at radius 2 is 1.93 bits per heavy atom. The molecule has 0 bridgehead atoms. The smallest absolute Gasteiger partial charge is 0.209 e. The Morgan fingerprint density at radius 3 is 2.59 bits per heavy atom. The van der Waals surface area contributed by atoms with E-state index in [9.17, 15) is 17.2 Å². The highest BCUT2D eigenvalue weighted by atomic mass is 32.2. The first-order valence-corrected chi connectivity index (χ1v) is 11.5. The van der Waals surface area contributed by atoms with Crippen molar-refractivity contribution < 1.29 is 21.9 Å². The molecule has 2 fully saturated rings. The third-order valence-corrected chi connectivity index (χ3v) is 6.27. The fourth-order valence-corrected chi connectivity index (χ4v) is 4.99. The highest BCUT2D eigenvalue weighted by molar-refractivity contribution is 7.88. The molecule has 1 heterocycles. The largest absolute Gasteiger partial charge is 0.377 e. The number of benzene rings is 1. The topological polar surface area (TPSA) is 67.4 Å². The fourth-order valence-electron chi connectivity index (χ4n) is 4.16. The van der Waals surface area contributed by atoms with E-state index in [1.54, 1.807) is 6.07 Å². The molecule has 2 aliphatic rings. The van der Waals surface area contributed by atoms with Crippen LogP contribution in [0.3, 0.4) is 0 Å². The van der Waals surface area contributed by atoms with E-state index in [1.807, 2.05) is 0 Å². The second-order valence-corrected chi connectivity index (χ2v) is 9.45. The van der Waals surface area contributed by atoms with Gasteiger partial charge in [-0.15, -0.1) is 0 Å². The molecule has 0 aromatic heterocycles. The monoisotopic (exact) mass is 402 g/mol. The Morgan fingerprint density at radius 1 is 1.19 bits per heavy atom. The predicted octanol–water partition coefficient (Wildman–Crippen LogP) is 2.68. The third kappa shape index (κ3) is 5.94. The molecule has 27 heavy (non-hydrogen) atoms. The molecule has 152 valence electrons. The first-order valence-electron chi connectivity index (χ1n) is 9.59. The van der Waals surface area contributed by atoms with E-state index < -0.39 is 21.7 Å². The molecule has 0 unspecified atom stereocenters. The molecule has 0 radical (unpaired) electrons. The fraction of sp³-hybridized carbons (Fsp3) is 0.684. The quantitative estimate of drug-likeness (QED) is 0.768. The lowest BCUT2D eigenvalue weighted by molar-refractivity contribution is 0.00506. The number of rotatable bonds is 6. The molecule has 2 atom stereocenters. The van der Waals surface area contributed by atoms with Gasteiger partial charge in [0, 0.05) is 18.2 Å². The van der Waals surface area contributed by atoms with E-state index in [1.165, 1.54) is 12.3 Å². The molecule has 0 spiro atoms. The average molecular weight is 403 g/mol. The van der Waals surface area contributed by atoms with Crippen LogP contribution in [0.2, 0.25) is 0 Å². The first-order chi connectivity index (χ1) is 12.8. The molecule has 0 amide bonds. The van der Waals surface area contributed by atoms with Crippen LogP contribution < -0.4 is 10.0 Å². The minimum Gasteiger partial charge on any atom is -0.377 e. The van der Waals surface area contributed by atoms with Crippen molar-refractivity contribution in [3.63, 3.8) is 0 Å². The van der Waals surface area contributed by atoms with Crippen LogP contribution >= 0.6 is 0 Å². The van der Waals surface area contributed by atoms with Gasteiger partial charge in [-0.3, -0.25) is 0 Å². The van der Waals surface area contributed by atoms with Crippen molar-refractivity contribution in [2.75, 3.05) is 19.4 Å². The van der Waals surface area contributed by atoms with E-state index in [4.69, 9.17) is 4.74 Å². The van der Waals surface area contributed by atoms with Gasteiger partial charge in [-0.25, -0.2) is 21.9 Å².